The van der Waals surface area contributed by atoms with Gasteiger partial charge < -0.3 is 9.32 Å². The number of fused-ring (bicyclic) bond motifs is 3. The van der Waals surface area contributed by atoms with E-state index < -0.39 is 5.63 Å². The Morgan fingerprint density at radius 2 is 1.60 bits per heavy atom. The molecule has 6 heteroatoms. The predicted octanol–water partition coefficient (Wildman–Crippen LogP) is 5.82. The van der Waals surface area contributed by atoms with Gasteiger partial charge in [0.2, 0.25) is 0 Å². The summed E-state index contributed by atoms with van der Waals surface area (Å²) in [5.74, 6) is 0.611. The lowest BCUT2D eigenvalue weighted by Gasteiger charge is -2.22. The second-order valence-electron chi connectivity index (χ2n) is 6.88. The van der Waals surface area contributed by atoms with E-state index in [-0.39, 0.29) is 5.02 Å². The number of rotatable bonds is 3. The van der Waals surface area contributed by atoms with Crippen molar-refractivity contribution in [2.24, 2.45) is 0 Å². The lowest BCUT2D eigenvalue weighted by Crippen LogP contribution is -2.14. The molecule has 30 heavy (non-hydrogen) atoms. The summed E-state index contributed by atoms with van der Waals surface area (Å²) >= 11 is 6.39. The molecule has 0 radical (unpaired) electrons. The van der Waals surface area contributed by atoms with Crippen molar-refractivity contribution < 1.29 is 4.42 Å². The molecule has 0 atom stereocenters. The van der Waals surface area contributed by atoms with Gasteiger partial charge in [0.25, 0.3) is 0 Å². The van der Waals surface area contributed by atoms with Gasteiger partial charge >= 0.3 is 5.63 Å². The molecule has 3 aromatic carbocycles. The first kappa shape index (κ1) is 18.3. The molecule has 0 spiro atoms. The number of anilines is 2. The average Bonchev–Trinajstić information content (AvgIpc) is 2.80. The van der Waals surface area contributed by atoms with Crippen molar-refractivity contribution >= 4 is 44.8 Å². The highest BCUT2D eigenvalue weighted by atomic mass is 35.5. The summed E-state index contributed by atoms with van der Waals surface area (Å²) in [6, 6.07) is 23.2. The molecule has 0 saturated carbocycles. The summed E-state index contributed by atoms with van der Waals surface area (Å²) in [5, 5.41) is 1.41. The van der Waals surface area contributed by atoms with Crippen LogP contribution in [0.2, 0.25) is 5.02 Å². The van der Waals surface area contributed by atoms with Crippen LogP contribution in [0, 0.1) is 0 Å². The van der Waals surface area contributed by atoms with Crippen LogP contribution in [-0.2, 0) is 0 Å². The van der Waals surface area contributed by atoms with Gasteiger partial charge in [-0.3, -0.25) is 0 Å². The molecule has 0 unspecified atom stereocenters. The first-order valence-corrected chi connectivity index (χ1v) is 9.77. The topological polar surface area (TPSA) is 59.2 Å². The van der Waals surface area contributed by atoms with Crippen LogP contribution in [0.5, 0.6) is 0 Å². The Labute approximate surface area is 177 Å². The van der Waals surface area contributed by atoms with Gasteiger partial charge in [-0.2, -0.15) is 0 Å². The summed E-state index contributed by atoms with van der Waals surface area (Å²) in [4.78, 5) is 23.6. The number of hydrogen-bond donors (Lipinski definition) is 0. The van der Waals surface area contributed by atoms with Crippen LogP contribution in [0.1, 0.15) is 0 Å². The van der Waals surface area contributed by atoms with Crippen molar-refractivity contribution in [1.29, 1.82) is 0 Å². The van der Waals surface area contributed by atoms with Gasteiger partial charge in [-0.15, -0.1) is 0 Å². The van der Waals surface area contributed by atoms with Gasteiger partial charge in [0.1, 0.15) is 0 Å². The minimum Gasteiger partial charge on any atom is -0.421 e. The van der Waals surface area contributed by atoms with E-state index in [1.54, 1.807) is 6.20 Å². The Balaban J connectivity index is 1.75. The van der Waals surface area contributed by atoms with Crippen molar-refractivity contribution in [2.75, 3.05) is 11.9 Å². The quantitative estimate of drug-likeness (QED) is 0.275. The molecule has 0 fully saturated rings. The zero-order valence-corrected chi connectivity index (χ0v) is 16.8. The van der Waals surface area contributed by atoms with E-state index >= 15 is 0 Å². The van der Waals surface area contributed by atoms with E-state index in [0.29, 0.717) is 28.0 Å². The Kier molecular flexibility index (Phi) is 4.45. The van der Waals surface area contributed by atoms with Gasteiger partial charge in [-0.05, 0) is 24.3 Å². The molecule has 5 nitrogen and oxygen atoms in total. The standard InChI is InChI=1S/C24H16ClN3O2/c1-28(16-10-6-3-7-11-16)21-17-12-13-19-18(22(17)30-24(29)20(21)25)14-26-23(27-19)15-8-4-2-5-9-15/h2-14H,1H3. The zero-order chi connectivity index (χ0) is 20.7. The normalized spacial score (nSPS) is 11.1. The van der Waals surface area contributed by atoms with Gasteiger partial charge in [0, 0.05) is 29.9 Å². The van der Waals surface area contributed by atoms with Crippen LogP contribution in [0.4, 0.5) is 11.4 Å². The molecule has 0 amide bonds. The SMILES string of the molecule is CN(c1ccccc1)c1c(Cl)c(=O)oc2c1ccc1nc(-c3ccccc3)ncc12. The number of hydrogen-bond acceptors (Lipinski definition) is 5. The highest BCUT2D eigenvalue weighted by molar-refractivity contribution is 6.35. The molecule has 5 rings (SSSR count). The van der Waals surface area contributed by atoms with Gasteiger partial charge in [-0.1, -0.05) is 60.1 Å². The van der Waals surface area contributed by atoms with Crippen LogP contribution < -0.4 is 10.5 Å². The minimum atomic E-state index is -0.596. The predicted molar refractivity (Wildman–Crippen MR) is 121 cm³/mol. The maximum atomic E-state index is 12.6. The van der Waals surface area contributed by atoms with Crippen molar-refractivity contribution in [3.05, 3.63) is 94.4 Å². The monoisotopic (exact) mass is 413 g/mol. The maximum absolute atomic E-state index is 12.6. The zero-order valence-electron chi connectivity index (χ0n) is 16.0. The van der Waals surface area contributed by atoms with Crippen molar-refractivity contribution in [3.63, 3.8) is 0 Å². The minimum absolute atomic E-state index is 0.0371. The fourth-order valence-electron chi connectivity index (χ4n) is 3.56. The third-order valence-electron chi connectivity index (χ3n) is 5.06. The van der Waals surface area contributed by atoms with E-state index in [4.69, 9.17) is 16.0 Å². The van der Waals surface area contributed by atoms with Crippen LogP contribution in [-0.4, -0.2) is 17.0 Å². The molecule has 2 heterocycles. The largest absolute Gasteiger partial charge is 0.421 e. The van der Waals surface area contributed by atoms with Gasteiger partial charge in [0.15, 0.2) is 16.4 Å². The lowest BCUT2D eigenvalue weighted by molar-refractivity contribution is 0.564. The fraction of sp³-hybridized carbons (Fsp3) is 0.0417. The molecule has 0 aliphatic carbocycles. The van der Waals surface area contributed by atoms with E-state index in [1.165, 1.54) is 0 Å². The summed E-state index contributed by atoms with van der Waals surface area (Å²) in [6.07, 6.45) is 1.69. The Morgan fingerprint density at radius 1 is 0.900 bits per heavy atom. The summed E-state index contributed by atoms with van der Waals surface area (Å²) in [5.41, 5.74) is 2.92. The van der Waals surface area contributed by atoms with Gasteiger partial charge in [-0.25, -0.2) is 14.8 Å². The number of benzene rings is 3. The molecular formula is C24H16ClN3O2. The third kappa shape index (κ3) is 3.00. The van der Waals surface area contributed by atoms with Crippen molar-refractivity contribution in [1.82, 2.24) is 9.97 Å². The lowest BCUT2D eigenvalue weighted by atomic mass is 10.1. The van der Waals surface area contributed by atoms with E-state index in [1.807, 2.05) is 84.7 Å². The van der Waals surface area contributed by atoms with Crippen LogP contribution in [0.3, 0.4) is 0 Å². The Bertz CT molecular complexity index is 1430. The number of para-hydroxylation sites is 1. The molecule has 0 saturated heterocycles. The first-order valence-electron chi connectivity index (χ1n) is 9.40. The smallest absolute Gasteiger partial charge is 0.357 e. The van der Waals surface area contributed by atoms with Crippen molar-refractivity contribution in [3.8, 4) is 11.4 Å². The Hall–Kier alpha value is -3.70. The highest BCUT2D eigenvalue weighted by Crippen LogP contribution is 2.37. The molecule has 0 N–H and O–H groups in total. The number of halogens is 1. The molecule has 2 aromatic heterocycles. The molecule has 0 bridgehead atoms. The van der Waals surface area contributed by atoms with E-state index in [2.05, 4.69) is 9.97 Å². The molecule has 0 aliphatic heterocycles. The summed E-state index contributed by atoms with van der Waals surface area (Å²) < 4.78 is 5.58. The third-order valence-corrected chi connectivity index (χ3v) is 5.40. The second-order valence-corrected chi connectivity index (χ2v) is 7.26. The Morgan fingerprint density at radius 3 is 2.33 bits per heavy atom. The maximum Gasteiger partial charge on any atom is 0.357 e. The second kappa shape index (κ2) is 7.28. The first-order chi connectivity index (χ1) is 14.6. The average molecular weight is 414 g/mol. The number of aromatic nitrogens is 2. The van der Waals surface area contributed by atoms with E-state index in [9.17, 15) is 4.79 Å². The molecule has 5 aromatic rings. The van der Waals surface area contributed by atoms with Crippen LogP contribution in [0.15, 0.2) is 88.2 Å². The molecular weight excluding hydrogens is 398 g/mol. The molecule has 146 valence electrons. The molecule has 0 aliphatic rings. The van der Waals surface area contributed by atoms with Crippen molar-refractivity contribution in [2.45, 2.75) is 0 Å². The summed E-state index contributed by atoms with van der Waals surface area (Å²) in [6.45, 7) is 0. The van der Waals surface area contributed by atoms with Crippen LogP contribution in [0.25, 0.3) is 33.3 Å². The highest BCUT2D eigenvalue weighted by Gasteiger charge is 2.20. The van der Waals surface area contributed by atoms with E-state index in [0.717, 1.165) is 16.6 Å². The summed E-state index contributed by atoms with van der Waals surface area (Å²) in [7, 11) is 1.87. The fourth-order valence-corrected chi connectivity index (χ4v) is 3.83. The number of nitrogens with zero attached hydrogens (tertiary/aromatic N) is 3. The van der Waals surface area contributed by atoms with Gasteiger partial charge in [0.05, 0.1) is 16.6 Å². The van der Waals surface area contributed by atoms with Crippen LogP contribution >= 0.6 is 11.6 Å².